The largest absolute Gasteiger partial charge is 0.507 e. The third-order valence-corrected chi connectivity index (χ3v) is 5.10. The monoisotopic (exact) mass is 370 g/mol. The number of phenolic OH excluding ortho intramolecular Hbond substituents is 1. The predicted molar refractivity (Wildman–Crippen MR) is 117 cm³/mol. The third kappa shape index (κ3) is 10.9. The van der Waals surface area contributed by atoms with Crippen molar-refractivity contribution < 1.29 is 9.63 Å². The van der Waals surface area contributed by atoms with E-state index >= 15 is 0 Å². The molecule has 0 saturated carbocycles. The molecule has 0 aliphatic rings. The Hall–Kier alpha value is -0.590. The SMILES string of the molecule is CC.CCOPC(C)CC.Cc1cc(C(C)C)cc(C(C)(C)C)c1O. The van der Waals surface area contributed by atoms with E-state index in [1.54, 1.807) is 0 Å². The van der Waals surface area contributed by atoms with Crippen LogP contribution in [0, 0.1) is 6.92 Å². The van der Waals surface area contributed by atoms with Crippen molar-refractivity contribution in [3.8, 4) is 5.75 Å². The van der Waals surface area contributed by atoms with Gasteiger partial charge in [0.05, 0.1) is 0 Å². The highest BCUT2D eigenvalue weighted by atomic mass is 31.1. The summed E-state index contributed by atoms with van der Waals surface area (Å²) in [6, 6.07) is 4.21. The zero-order chi connectivity index (χ0) is 20.2. The molecule has 1 aromatic rings. The third-order valence-electron chi connectivity index (χ3n) is 3.84. The Morgan fingerprint density at radius 1 is 1.08 bits per heavy atom. The van der Waals surface area contributed by atoms with E-state index < -0.39 is 0 Å². The smallest absolute Gasteiger partial charge is 0.122 e. The molecule has 0 radical (unpaired) electrons. The molecule has 0 spiro atoms. The first-order chi connectivity index (χ1) is 11.5. The van der Waals surface area contributed by atoms with Crippen LogP contribution in [0.1, 0.15) is 98.3 Å². The summed E-state index contributed by atoms with van der Waals surface area (Å²) in [4.78, 5) is 0. The molecule has 0 bridgehead atoms. The van der Waals surface area contributed by atoms with Crippen LogP contribution in [0.15, 0.2) is 12.1 Å². The summed E-state index contributed by atoms with van der Waals surface area (Å²) in [7, 11) is 0.706. The molecule has 1 rings (SSSR count). The van der Waals surface area contributed by atoms with E-state index in [4.69, 9.17) is 4.52 Å². The molecule has 0 aromatic heterocycles. The van der Waals surface area contributed by atoms with Crippen LogP contribution in [0.4, 0.5) is 0 Å². The van der Waals surface area contributed by atoms with Gasteiger partial charge in [-0.3, -0.25) is 0 Å². The van der Waals surface area contributed by atoms with Gasteiger partial charge in [-0.25, -0.2) is 0 Å². The average Bonchev–Trinajstić information content (AvgIpc) is 2.56. The van der Waals surface area contributed by atoms with Gasteiger partial charge in [0, 0.05) is 15.4 Å². The molecule has 2 nitrogen and oxygen atoms in total. The standard InChI is InChI=1S/C14H22O.C6H15OP.C2H6/c1-9(2)11-7-10(3)13(15)12(8-11)14(4,5)6;1-4-6(3)8-7-5-2;1-2/h7-9,15H,1-6H3;6,8H,4-5H2,1-3H3;1-2H3. The molecule has 0 fully saturated rings. The van der Waals surface area contributed by atoms with Crippen LogP contribution in [0.5, 0.6) is 5.75 Å². The van der Waals surface area contributed by atoms with Gasteiger partial charge in [0.25, 0.3) is 0 Å². The molecular weight excluding hydrogens is 327 g/mol. The molecule has 148 valence electrons. The fourth-order valence-electron chi connectivity index (χ4n) is 2.02. The van der Waals surface area contributed by atoms with E-state index in [0.717, 1.165) is 23.4 Å². The molecule has 1 N–H and O–H groups in total. The number of rotatable bonds is 5. The lowest BCUT2D eigenvalue weighted by Crippen LogP contribution is -2.12. The lowest BCUT2D eigenvalue weighted by Gasteiger charge is -2.23. The van der Waals surface area contributed by atoms with Gasteiger partial charge in [0.1, 0.15) is 5.75 Å². The van der Waals surface area contributed by atoms with E-state index in [9.17, 15) is 5.11 Å². The lowest BCUT2D eigenvalue weighted by molar-refractivity contribution is 0.384. The normalized spacial score (nSPS) is 12.5. The fourth-order valence-corrected chi connectivity index (χ4v) is 2.64. The van der Waals surface area contributed by atoms with E-state index in [-0.39, 0.29) is 5.41 Å². The lowest BCUT2D eigenvalue weighted by atomic mass is 9.83. The second-order valence-electron chi connectivity index (χ2n) is 7.50. The molecule has 3 heteroatoms. The van der Waals surface area contributed by atoms with Gasteiger partial charge < -0.3 is 9.63 Å². The molecule has 1 aromatic carbocycles. The molecule has 0 amide bonds. The minimum atomic E-state index is -0.000255. The van der Waals surface area contributed by atoms with Crippen molar-refractivity contribution in [2.45, 2.75) is 99.6 Å². The van der Waals surface area contributed by atoms with Gasteiger partial charge in [-0.2, -0.15) is 0 Å². The van der Waals surface area contributed by atoms with Gasteiger partial charge in [0.2, 0.25) is 0 Å². The maximum atomic E-state index is 10.0. The summed E-state index contributed by atoms with van der Waals surface area (Å²) in [5.41, 5.74) is 4.09. The molecule has 2 unspecified atom stereocenters. The zero-order valence-corrected chi connectivity index (χ0v) is 19.6. The number of phenols is 1. The van der Waals surface area contributed by atoms with Crippen molar-refractivity contribution in [1.29, 1.82) is 0 Å². The van der Waals surface area contributed by atoms with Crippen molar-refractivity contribution >= 4 is 8.81 Å². The first-order valence-corrected chi connectivity index (χ1v) is 10.7. The highest BCUT2D eigenvalue weighted by Crippen LogP contribution is 2.35. The van der Waals surface area contributed by atoms with Crippen LogP contribution in [0.2, 0.25) is 0 Å². The van der Waals surface area contributed by atoms with Crippen molar-refractivity contribution in [2.24, 2.45) is 0 Å². The maximum absolute atomic E-state index is 10.0. The minimum Gasteiger partial charge on any atom is -0.507 e. The van der Waals surface area contributed by atoms with Crippen LogP contribution in [0.3, 0.4) is 0 Å². The van der Waals surface area contributed by atoms with Crippen LogP contribution in [-0.2, 0) is 9.94 Å². The Kier molecular flexibility index (Phi) is 14.5. The average molecular weight is 371 g/mol. The summed E-state index contributed by atoms with van der Waals surface area (Å²) in [6.45, 7) is 24.0. The zero-order valence-electron chi connectivity index (χ0n) is 18.6. The van der Waals surface area contributed by atoms with Crippen molar-refractivity contribution in [3.05, 3.63) is 28.8 Å². The first kappa shape index (κ1) is 26.6. The van der Waals surface area contributed by atoms with Crippen LogP contribution in [0.25, 0.3) is 0 Å². The van der Waals surface area contributed by atoms with Gasteiger partial charge in [-0.1, -0.05) is 74.4 Å². The molecule has 0 aliphatic heterocycles. The van der Waals surface area contributed by atoms with E-state index in [0.29, 0.717) is 20.5 Å². The summed E-state index contributed by atoms with van der Waals surface area (Å²) in [5, 5.41) is 10.0. The minimum absolute atomic E-state index is 0.000255. The summed E-state index contributed by atoms with van der Waals surface area (Å²) in [6.07, 6.45) is 1.23. The Labute approximate surface area is 159 Å². The van der Waals surface area contributed by atoms with Crippen LogP contribution >= 0.6 is 8.81 Å². The van der Waals surface area contributed by atoms with Gasteiger partial charge in [0.15, 0.2) is 0 Å². The summed E-state index contributed by atoms with van der Waals surface area (Å²) < 4.78 is 5.21. The fraction of sp³-hybridized carbons (Fsp3) is 0.727. The number of hydrogen-bond acceptors (Lipinski definition) is 2. The topological polar surface area (TPSA) is 29.5 Å². The molecule has 0 aliphatic carbocycles. The summed E-state index contributed by atoms with van der Waals surface area (Å²) in [5.74, 6) is 0.956. The summed E-state index contributed by atoms with van der Waals surface area (Å²) >= 11 is 0. The van der Waals surface area contributed by atoms with Gasteiger partial charge in [-0.15, -0.1) is 0 Å². The Morgan fingerprint density at radius 3 is 1.96 bits per heavy atom. The Bertz CT molecular complexity index is 462. The molecular formula is C22H43O2P. The Balaban J connectivity index is 0. The van der Waals surface area contributed by atoms with Crippen LogP contribution < -0.4 is 0 Å². The van der Waals surface area contributed by atoms with E-state index in [2.05, 4.69) is 60.6 Å². The van der Waals surface area contributed by atoms with E-state index in [1.165, 1.54) is 12.0 Å². The molecule has 0 heterocycles. The molecule has 2 atom stereocenters. The molecule has 0 saturated heterocycles. The maximum Gasteiger partial charge on any atom is 0.122 e. The Morgan fingerprint density at radius 2 is 1.60 bits per heavy atom. The van der Waals surface area contributed by atoms with Gasteiger partial charge in [-0.05, 0) is 54.0 Å². The quantitative estimate of drug-likeness (QED) is 0.542. The van der Waals surface area contributed by atoms with Gasteiger partial charge >= 0.3 is 0 Å². The predicted octanol–water partition coefficient (Wildman–Crippen LogP) is 7.56. The number of aromatic hydroxyl groups is 1. The molecule has 25 heavy (non-hydrogen) atoms. The van der Waals surface area contributed by atoms with E-state index in [1.807, 2.05) is 27.7 Å². The highest BCUT2D eigenvalue weighted by Gasteiger charge is 2.20. The number of aryl methyl sites for hydroxylation is 1. The second kappa shape index (κ2) is 13.6. The van der Waals surface area contributed by atoms with Crippen molar-refractivity contribution in [2.75, 3.05) is 6.61 Å². The second-order valence-corrected chi connectivity index (χ2v) is 9.01. The van der Waals surface area contributed by atoms with Crippen LogP contribution in [-0.4, -0.2) is 17.4 Å². The first-order valence-electron chi connectivity index (χ1n) is 9.75. The number of benzene rings is 1. The van der Waals surface area contributed by atoms with Crippen molar-refractivity contribution in [3.63, 3.8) is 0 Å². The number of hydrogen-bond donors (Lipinski definition) is 1. The highest BCUT2D eigenvalue weighted by molar-refractivity contribution is 7.33. The van der Waals surface area contributed by atoms with Crippen molar-refractivity contribution in [1.82, 2.24) is 0 Å².